The van der Waals surface area contributed by atoms with Gasteiger partial charge in [0.25, 0.3) is 0 Å². The second kappa shape index (κ2) is 11.5. The zero-order valence-electron chi connectivity index (χ0n) is 19.6. The number of aromatic nitrogens is 1. The molecule has 1 amide bonds. The van der Waals surface area contributed by atoms with Gasteiger partial charge in [-0.2, -0.15) is 4.99 Å². The normalized spacial score (nSPS) is 12.2. The minimum atomic E-state index is -3.51. The molecule has 1 aromatic heterocycles. The number of hydrogen-bond acceptors (Lipinski definition) is 8. The third-order valence-electron chi connectivity index (χ3n) is 5.15. The van der Waals surface area contributed by atoms with Gasteiger partial charge in [0.1, 0.15) is 5.75 Å². The van der Waals surface area contributed by atoms with E-state index >= 15 is 0 Å². The fourth-order valence-corrected chi connectivity index (χ4v) is 5.75. The summed E-state index contributed by atoms with van der Waals surface area (Å²) in [4.78, 5) is 17.6. The molecule has 2 aromatic carbocycles. The zero-order chi connectivity index (χ0) is 24.7. The van der Waals surface area contributed by atoms with Crippen LogP contribution in [0.15, 0.2) is 46.3 Å². The highest BCUT2D eigenvalue weighted by Gasteiger charge is 2.16. The van der Waals surface area contributed by atoms with E-state index < -0.39 is 9.84 Å². The third kappa shape index (κ3) is 5.96. The number of fused-ring (bicyclic) bond motifs is 1. The fourth-order valence-electron chi connectivity index (χ4n) is 3.36. The number of thiazole rings is 1. The molecule has 184 valence electrons. The van der Waals surface area contributed by atoms with Crippen LogP contribution in [0.25, 0.3) is 10.2 Å². The first kappa shape index (κ1) is 25.7. The average Bonchev–Trinajstić information content (AvgIpc) is 3.16. The summed E-state index contributed by atoms with van der Waals surface area (Å²) in [5, 5.41) is 0. The molecular formula is C23H28N2O7S2. The summed E-state index contributed by atoms with van der Waals surface area (Å²) in [6.45, 7) is 0.922. The summed E-state index contributed by atoms with van der Waals surface area (Å²) < 4.78 is 48.9. The van der Waals surface area contributed by atoms with E-state index in [4.69, 9.17) is 18.9 Å². The van der Waals surface area contributed by atoms with Crippen LogP contribution < -0.4 is 19.0 Å². The molecule has 9 nitrogen and oxygen atoms in total. The largest absolute Gasteiger partial charge is 0.497 e. The molecule has 0 unspecified atom stereocenters. The number of carbonyl (C=O) groups excluding carboxylic acids is 1. The number of rotatable bonds is 11. The quantitative estimate of drug-likeness (QED) is 0.392. The molecule has 0 atom stereocenters. The predicted molar refractivity (Wildman–Crippen MR) is 130 cm³/mol. The van der Waals surface area contributed by atoms with Gasteiger partial charge in [0, 0.05) is 32.2 Å². The molecule has 34 heavy (non-hydrogen) atoms. The van der Waals surface area contributed by atoms with Gasteiger partial charge in [-0.05, 0) is 30.7 Å². The molecule has 0 fully saturated rings. The molecule has 0 bridgehead atoms. The van der Waals surface area contributed by atoms with E-state index in [1.807, 2.05) is 16.7 Å². The van der Waals surface area contributed by atoms with Crippen molar-refractivity contribution >= 4 is 37.3 Å². The Hall–Kier alpha value is -2.89. The van der Waals surface area contributed by atoms with Gasteiger partial charge in [-0.3, -0.25) is 4.79 Å². The first-order valence-corrected chi connectivity index (χ1v) is 13.0. The Labute approximate surface area is 202 Å². The van der Waals surface area contributed by atoms with Crippen LogP contribution in [0, 0.1) is 0 Å². The number of sulfone groups is 1. The van der Waals surface area contributed by atoms with Crippen molar-refractivity contribution in [2.24, 2.45) is 4.99 Å². The lowest BCUT2D eigenvalue weighted by molar-refractivity contribution is -0.118. The molecule has 11 heteroatoms. The number of amides is 1. The number of carbonyl (C=O) groups is 1. The van der Waals surface area contributed by atoms with Crippen molar-refractivity contribution in [2.45, 2.75) is 24.3 Å². The lowest BCUT2D eigenvalue weighted by Crippen LogP contribution is -2.19. The highest BCUT2D eigenvalue weighted by atomic mass is 32.2. The Morgan fingerprint density at radius 2 is 1.68 bits per heavy atom. The first-order valence-electron chi connectivity index (χ1n) is 10.5. The molecule has 0 aliphatic carbocycles. The fraction of sp³-hybridized carbons (Fsp3) is 0.391. The van der Waals surface area contributed by atoms with Crippen molar-refractivity contribution in [3.05, 3.63) is 41.2 Å². The second-order valence-corrected chi connectivity index (χ2v) is 10.4. The van der Waals surface area contributed by atoms with Gasteiger partial charge >= 0.3 is 0 Å². The maximum Gasteiger partial charge on any atom is 0.248 e. The third-order valence-corrected chi connectivity index (χ3v) is 8.01. The van der Waals surface area contributed by atoms with Gasteiger partial charge in [0.15, 0.2) is 26.1 Å². The Bertz CT molecular complexity index is 1310. The van der Waals surface area contributed by atoms with Crippen LogP contribution in [0.3, 0.4) is 0 Å². The molecule has 1 heterocycles. The van der Waals surface area contributed by atoms with E-state index in [2.05, 4.69) is 4.99 Å². The van der Waals surface area contributed by atoms with Crippen molar-refractivity contribution in [1.82, 2.24) is 4.57 Å². The van der Waals surface area contributed by atoms with Crippen molar-refractivity contribution in [3.8, 4) is 17.2 Å². The molecule has 0 spiro atoms. The summed E-state index contributed by atoms with van der Waals surface area (Å²) >= 11 is 1.34. The zero-order valence-corrected chi connectivity index (χ0v) is 21.2. The number of ether oxygens (including phenoxy) is 4. The highest BCUT2D eigenvalue weighted by molar-refractivity contribution is 7.91. The standard InChI is InChI=1S/C23H28N2O7S2/c1-29-12-11-25-18-14-19(31-3)20(32-4)15-21(18)33-23(25)24-22(26)6-5-13-34(27,28)17-9-7-16(30-2)8-10-17/h7-10,14-15H,5-6,11-13H2,1-4H3. The molecule has 0 saturated carbocycles. The topological polar surface area (TPSA) is 105 Å². The molecule has 0 radical (unpaired) electrons. The lowest BCUT2D eigenvalue weighted by atomic mass is 10.3. The van der Waals surface area contributed by atoms with Gasteiger partial charge in [-0.1, -0.05) is 11.3 Å². The number of hydrogen-bond donors (Lipinski definition) is 0. The van der Waals surface area contributed by atoms with Gasteiger partial charge in [0.2, 0.25) is 5.91 Å². The minimum absolute atomic E-state index is 0.0144. The number of nitrogens with zero attached hydrogens (tertiary/aromatic N) is 2. The SMILES string of the molecule is COCCn1c(=NC(=O)CCCS(=O)(=O)c2ccc(OC)cc2)sc2cc(OC)c(OC)cc21. The Kier molecular flexibility index (Phi) is 8.70. The number of benzene rings is 2. The van der Waals surface area contributed by atoms with Crippen LogP contribution in [0.5, 0.6) is 17.2 Å². The average molecular weight is 509 g/mol. The second-order valence-electron chi connectivity index (χ2n) is 7.31. The predicted octanol–water partition coefficient (Wildman–Crippen LogP) is 3.06. The van der Waals surface area contributed by atoms with E-state index in [9.17, 15) is 13.2 Å². The van der Waals surface area contributed by atoms with E-state index in [0.29, 0.717) is 35.2 Å². The maximum atomic E-state index is 12.6. The molecule has 0 aliphatic rings. The summed E-state index contributed by atoms with van der Waals surface area (Å²) in [5.74, 6) is 1.19. The Balaban J connectivity index is 1.80. The molecule has 3 rings (SSSR count). The molecule has 0 aliphatic heterocycles. The van der Waals surface area contributed by atoms with Gasteiger partial charge in [-0.15, -0.1) is 0 Å². The van der Waals surface area contributed by atoms with Gasteiger partial charge < -0.3 is 23.5 Å². The monoisotopic (exact) mass is 508 g/mol. The minimum Gasteiger partial charge on any atom is -0.497 e. The molecular weight excluding hydrogens is 480 g/mol. The van der Waals surface area contributed by atoms with Crippen molar-refractivity contribution in [2.75, 3.05) is 40.8 Å². The van der Waals surface area contributed by atoms with Gasteiger partial charge in [0.05, 0.1) is 48.8 Å². The Morgan fingerprint density at radius 1 is 1.00 bits per heavy atom. The maximum absolute atomic E-state index is 12.6. The Morgan fingerprint density at radius 3 is 2.29 bits per heavy atom. The summed E-state index contributed by atoms with van der Waals surface area (Å²) in [6, 6.07) is 9.87. The van der Waals surface area contributed by atoms with Crippen LogP contribution >= 0.6 is 11.3 Å². The summed E-state index contributed by atoms with van der Waals surface area (Å²) in [5.41, 5.74) is 0.841. The van der Waals surface area contributed by atoms with Crippen LogP contribution in [0.1, 0.15) is 12.8 Å². The molecule has 0 saturated heterocycles. The number of methoxy groups -OCH3 is 4. The lowest BCUT2D eigenvalue weighted by Gasteiger charge is -2.09. The van der Waals surface area contributed by atoms with Crippen molar-refractivity contribution in [1.29, 1.82) is 0 Å². The van der Waals surface area contributed by atoms with E-state index in [-0.39, 0.29) is 29.4 Å². The van der Waals surface area contributed by atoms with E-state index in [1.54, 1.807) is 33.5 Å². The van der Waals surface area contributed by atoms with Crippen LogP contribution in [-0.2, 0) is 25.9 Å². The van der Waals surface area contributed by atoms with Crippen LogP contribution in [-0.4, -0.2) is 59.7 Å². The van der Waals surface area contributed by atoms with Crippen LogP contribution in [0.2, 0.25) is 0 Å². The first-order chi connectivity index (χ1) is 16.3. The van der Waals surface area contributed by atoms with Crippen LogP contribution in [0.4, 0.5) is 0 Å². The van der Waals surface area contributed by atoms with Crippen molar-refractivity contribution < 1.29 is 32.2 Å². The summed E-state index contributed by atoms with van der Waals surface area (Å²) in [7, 11) is 2.73. The van der Waals surface area contributed by atoms with E-state index in [0.717, 1.165) is 10.2 Å². The smallest absolute Gasteiger partial charge is 0.248 e. The van der Waals surface area contributed by atoms with Crippen molar-refractivity contribution in [3.63, 3.8) is 0 Å². The molecule has 0 N–H and O–H groups in total. The highest BCUT2D eigenvalue weighted by Crippen LogP contribution is 2.33. The molecule has 3 aromatic rings. The summed E-state index contributed by atoms with van der Waals surface area (Å²) in [6.07, 6.45) is 0.182. The van der Waals surface area contributed by atoms with Gasteiger partial charge in [-0.25, -0.2) is 8.42 Å². The van der Waals surface area contributed by atoms with E-state index in [1.165, 1.54) is 30.6 Å².